The Balaban J connectivity index is 2.14. The van der Waals surface area contributed by atoms with Gasteiger partial charge in [-0.3, -0.25) is 9.48 Å². The summed E-state index contributed by atoms with van der Waals surface area (Å²) in [6.45, 7) is 0. The van der Waals surface area contributed by atoms with E-state index in [0.29, 0.717) is 17.2 Å². The Labute approximate surface area is 108 Å². The number of hydrogen-bond donors (Lipinski definition) is 1. The Morgan fingerprint density at radius 3 is 2.89 bits per heavy atom. The largest absolute Gasteiger partial charge is 0.305 e. The molecular formula is C12H10N6O. The highest BCUT2D eigenvalue weighted by molar-refractivity contribution is 5.60. The summed E-state index contributed by atoms with van der Waals surface area (Å²) >= 11 is 0. The van der Waals surface area contributed by atoms with Crippen molar-refractivity contribution in [1.82, 2.24) is 29.7 Å². The third kappa shape index (κ3) is 2.25. The minimum Gasteiger partial charge on any atom is -0.305 e. The summed E-state index contributed by atoms with van der Waals surface area (Å²) in [5.74, 6) is 0.411. The van der Waals surface area contributed by atoms with Gasteiger partial charge >= 0.3 is 0 Å². The summed E-state index contributed by atoms with van der Waals surface area (Å²) in [5.41, 5.74) is 1.68. The fraction of sp³-hybridized carbons (Fsp3) is 0.0833. The van der Waals surface area contributed by atoms with Crippen LogP contribution in [0.4, 0.5) is 0 Å². The summed E-state index contributed by atoms with van der Waals surface area (Å²) in [4.78, 5) is 26.6. The summed E-state index contributed by atoms with van der Waals surface area (Å²) < 4.78 is 1.66. The average Bonchev–Trinajstić information content (AvgIpc) is 2.86. The SMILES string of the molecule is Cn1cc(-c2cc(=O)[nH]c(-c3ccncn3)n2)cn1. The molecule has 3 rings (SSSR count). The maximum absolute atomic E-state index is 11.7. The lowest BCUT2D eigenvalue weighted by Gasteiger charge is -2.01. The van der Waals surface area contributed by atoms with Crippen molar-refractivity contribution in [1.29, 1.82) is 0 Å². The number of aromatic amines is 1. The van der Waals surface area contributed by atoms with Gasteiger partial charge < -0.3 is 4.98 Å². The van der Waals surface area contributed by atoms with Gasteiger partial charge in [-0.1, -0.05) is 0 Å². The number of hydrogen-bond acceptors (Lipinski definition) is 5. The van der Waals surface area contributed by atoms with Crippen molar-refractivity contribution in [3.8, 4) is 22.8 Å². The molecule has 0 unspecified atom stereocenters. The van der Waals surface area contributed by atoms with Gasteiger partial charge in [-0.25, -0.2) is 15.0 Å². The maximum atomic E-state index is 11.7. The molecule has 3 aromatic rings. The van der Waals surface area contributed by atoms with E-state index in [4.69, 9.17) is 0 Å². The van der Waals surface area contributed by atoms with Crippen LogP contribution in [0.15, 0.2) is 41.8 Å². The molecule has 0 radical (unpaired) electrons. The fourth-order valence-electron chi connectivity index (χ4n) is 1.71. The van der Waals surface area contributed by atoms with Crippen molar-refractivity contribution >= 4 is 0 Å². The van der Waals surface area contributed by atoms with Crippen molar-refractivity contribution in [2.45, 2.75) is 0 Å². The summed E-state index contributed by atoms with van der Waals surface area (Å²) in [6, 6.07) is 3.12. The number of rotatable bonds is 2. The van der Waals surface area contributed by atoms with E-state index in [1.54, 1.807) is 29.3 Å². The van der Waals surface area contributed by atoms with E-state index in [2.05, 4.69) is 25.0 Å². The summed E-state index contributed by atoms with van der Waals surface area (Å²) in [5, 5.41) is 4.06. The first-order valence-corrected chi connectivity index (χ1v) is 5.59. The second kappa shape index (κ2) is 4.45. The van der Waals surface area contributed by atoms with E-state index in [1.807, 2.05) is 7.05 Å². The van der Waals surface area contributed by atoms with Gasteiger partial charge in [0, 0.05) is 31.1 Å². The van der Waals surface area contributed by atoms with Crippen molar-refractivity contribution in [3.63, 3.8) is 0 Å². The topological polar surface area (TPSA) is 89.4 Å². The van der Waals surface area contributed by atoms with E-state index < -0.39 is 0 Å². The van der Waals surface area contributed by atoms with Crippen LogP contribution in [-0.4, -0.2) is 29.7 Å². The van der Waals surface area contributed by atoms with Crippen LogP contribution in [0, 0.1) is 0 Å². The van der Waals surface area contributed by atoms with Crippen LogP contribution in [0.3, 0.4) is 0 Å². The Kier molecular flexibility index (Phi) is 2.64. The van der Waals surface area contributed by atoms with Gasteiger partial charge in [0.1, 0.15) is 12.0 Å². The lowest BCUT2D eigenvalue weighted by atomic mass is 10.2. The Hall–Kier alpha value is -2.83. The lowest BCUT2D eigenvalue weighted by Crippen LogP contribution is -2.09. The molecule has 0 aliphatic carbocycles. The third-order valence-electron chi connectivity index (χ3n) is 2.57. The van der Waals surface area contributed by atoms with Crippen molar-refractivity contribution in [2.24, 2.45) is 7.05 Å². The highest BCUT2D eigenvalue weighted by atomic mass is 16.1. The second-order valence-corrected chi connectivity index (χ2v) is 3.98. The molecule has 0 aliphatic heterocycles. The van der Waals surface area contributed by atoms with Crippen LogP contribution in [0.5, 0.6) is 0 Å². The van der Waals surface area contributed by atoms with Crippen LogP contribution in [0.2, 0.25) is 0 Å². The van der Waals surface area contributed by atoms with Crippen LogP contribution in [-0.2, 0) is 7.05 Å². The normalized spacial score (nSPS) is 10.6. The first-order chi connectivity index (χ1) is 9.22. The van der Waals surface area contributed by atoms with Gasteiger partial charge in [0.15, 0.2) is 5.82 Å². The number of aromatic nitrogens is 6. The number of H-pyrrole nitrogens is 1. The zero-order chi connectivity index (χ0) is 13.2. The molecule has 0 aliphatic rings. The summed E-state index contributed by atoms with van der Waals surface area (Å²) in [7, 11) is 1.81. The fourth-order valence-corrected chi connectivity index (χ4v) is 1.71. The lowest BCUT2D eigenvalue weighted by molar-refractivity contribution is 0.768. The Morgan fingerprint density at radius 1 is 1.32 bits per heavy atom. The van der Waals surface area contributed by atoms with Crippen molar-refractivity contribution in [3.05, 3.63) is 47.4 Å². The quantitative estimate of drug-likeness (QED) is 0.724. The molecule has 0 bridgehead atoms. The zero-order valence-corrected chi connectivity index (χ0v) is 10.1. The highest BCUT2D eigenvalue weighted by Crippen LogP contribution is 2.16. The monoisotopic (exact) mass is 254 g/mol. The molecule has 0 fully saturated rings. The van der Waals surface area contributed by atoms with Gasteiger partial charge in [-0.2, -0.15) is 5.10 Å². The van der Waals surface area contributed by atoms with Crippen LogP contribution < -0.4 is 5.56 Å². The molecule has 1 N–H and O–H groups in total. The smallest absolute Gasteiger partial charge is 0.251 e. The number of aryl methyl sites for hydroxylation is 1. The highest BCUT2D eigenvalue weighted by Gasteiger charge is 2.08. The predicted molar refractivity (Wildman–Crippen MR) is 68.1 cm³/mol. The van der Waals surface area contributed by atoms with Gasteiger partial charge in [0.2, 0.25) is 0 Å². The standard InChI is InChI=1S/C12H10N6O/c1-18-6-8(5-15-18)10-4-11(19)17-12(16-10)9-2-3-13-7-14-9/h2-7H,1H3,(H,16,17,19). The van der Waals surface area contributed by atoms with Gasteiger partial charge in [0.05, 0.1) is 11.9 Å². The molecule has 7 heteroatoms. The molecular weight excluding hydrogens is 244 g/mol. The predicted octanol–water partition coefficient (Wildman–Crippen LogP) is 0.627. The number of nitrogens with zero attached hydrogens (tertiary/aromatic N) is 5. The molecule has 94 valence electrons. The maximum Gasteiger partial charge on any atom is 0.251 e. The second-order valence-electron chi connectivity index (χ2n) is 3.98. The van der Waals surface area contributed by atoms with E-state index in [0.717, 1.165) is 5.56 Å². The molecule has 0 atom stereocenters. The third-order valence-corrected chi connectivity index (χ3v) is 2.57. The van der Waals surface area contributed by atoms with Crippen molar-refractivity contribution < 1.29 is 0 Å². The van der Waals surface area contributed by atoms with Gasteiger partial charge in [0.25, 0.3) is 5.56 Å². The average molecular weight is 254 g/mol. The molecule has 7 nitrogen and oxygen atoms in total. The minimum absolute atomic E-state index is 0.234. The van der Waals surface area contributed by atoms with Crippen molar-refractivity contribution in [2.75, 3.05) is 0 Å². The van der Waals surface area contributed by atoms with E-state index in [9.17, 15) is 4.79 Å². The molecule has 0 amide bonds. The van der Waals surface area contributed by atoms with Crippen LogP contribution >= 0.6 is 0 Å². The van der Waals surface area contributed by atoms with Crippen LogP contribution in [0.1, 0.15) is 0 Å². The Morgan fingerprint density at radius 2 is 2.21 bits per heavy atom. The first kappa shape index (κ1) is 11.3. The Bertz CT molecular complexity index is 761. The van der Waals surface area contributed by atoms with E-state index >= 15 is 0 Å². The minimum atomic E-state index is -0.234. The molecule has 19 heavy (non-hydrogen) atoms. The van der Waals surface area contributed by atoms with E-state index in [-0.39, 0.29) is 5.56 Å². The zero-order valence-electron chi connectivity index (χ0n) is 10.1. The molecule has 3 heterocycles. The molecule has 0 saturated carbocycles. The summed E-state index contributed by atoms with van der Waals surface area (Å²) in [6.07, 6.45) is 6.46. The van der Waals surface area contributed by atoms with Crippen LogP contribution in [0.25, 0.3) is 22.8 Å². The van der Waals surface area contributed by atoms with E-state index in [1.165, 1.54) is 12.4 Å². The molecule has 3 aromatic heterocycles. The molecule has 0 saturated heterocycles. The molecule has 0 aromatic carbocycles. The van der Waals surface area contributed by atoms with Gasteiger partial charge in [-0.15, -0.1) is 0 Å². The first-order valence-electron chi connectivity index (χ1n) is 5.59. The molecule has 0 spiro atoms. The number of nitrogens with one attached hydrogen (secondary N) is 1. The van der Waals surface area contributed by atoms with Gasteiger partial charge in [-0.05, 0) is 6.07 Å².